The monoisotopic (exact) mass is 377 g/mol. The number of carbonyl (C=O) groups is 1. The van der Waals surface area contributed by atoms with Crippen molar-refractivity contribution in [1.82, 2.24) is 24.9 Å². The second-order valence-electron chi connectivity index (χ2n) is 6.18. The van der Waals surface area contributed by atoms with Crippen molar-refractivity contribution in [3.63, 3.8) is 0 Å². The average molecular weight is 378 g/mol. The number of halogens is 1. The fraction of sp³-hybridized carbons (Fsp3) is 0.714. The number of aromatic amines is 1. The van der Waals surface area contributed by atoms with Crippen molar-refractivity contribution in [3.8, 4) is 0 Å². The maximum atomic E-state index is 12.5. The van der Waals surface area contributed by atoms with Gasteiger partial charge in [0.25, 0.3) is 10.0 Å². The third kappa shape index (κ3) is 4.27. The number of carbonyl (C=O) groups excluding carboxylic acids is 1. The lowest BCUT2D eigenvalue weighted by molar-refractivity contribution is -0.123. The summed E-state index contributed by atoms with van der Waals surface area (Å²) in [5.74, 6) is 0.169. The van der Waals surface area contributed by atoms with E-state index in [0.717, 1.165) is 32.2 Å². The molecule has 0 bridgehead atoms. The Morgan fingerprint density at radius 3 is 2.88 bits per heavy atom. The number of H-pyrrole nitrogens is 1. The van der Waals surface area contributed by atoms with Gasteiger partial charge in [-0.3, -0.25) is 4.79 Å². The van der Waals surface area contributed by atoms with Crippen molar-refractivity contribution in [1.29, 1.82) is 0 Å². The van der Waals surface area contributed by atoms with Gasteiger partial charge < -0.3 is 15.6 Å². The Morgan fingerprint density at radius 1 is 1.38 bits per heavy atom. The second-order valence-corrected chi connectivity index (χ2v) is 8.09. The molecular weight excluding hydrogens is 354 g/mol. The van der Waals surface area contributed by atoms with Crippen LogP contribution in [0.15, 0.2) is 17.6 Å². The molecule has 2 aliphatic rings. The Morgan fingerprint density at radius 2 is 2.21 bits per heavy atom. The van der Waals surface area contributed by atoms with Gasteiger partial charge in [0.05, 0.1) is 18.6 Å². The lowest BCUT2D eigenvalue weighted by atomic mass is 9.99. The molecule has 1 aromatic heterocycles. The predicted molar refractivity (Wildman–Crippen MR) is 91.4 cm³/mol. The van der Waals surface area contributed by atoms with Gasteiger partial charge in [-0.1, -0.05) is 0 Å². The van der Waals surface area contributed by atoms with Crippen LogP contribution >= 0.6 is 12.4 Å². The van der Waals surface area contributed by atoms with Gasteiger partial charge in [-0.05, 0) is 38.1 Å². The van der Waals surface area contributed by atoms with Crippen LogP contribution in [0.2, 0.25) is 0 Å². The number of piperidine rings is 1. The minimum Gasteiger partial charge on any atom is -0.354 e. The predicted octanol–water partition coefficient (Wildman–Crippen LogP) is 0.100. The topological polar surface area (TPSA) is 107 Å². The standard InChI is InChI=1S/C14H23N5O3S.ClH/c20-14(12-4-1-5-16-12)17-7-11-3-2-6-19(9-11)23(21,22)13-8-15-10-18-13;/h8,10-12,16H,1-7,9H2,(H,15,18)(H,17,20);1H. The van der Waals surface area contributed by atoms with Crippen LogP contribution < -0.4 is 10.6 Å². The number of sulfonamides is 1. The van der Waals surface area contributed by atoms with Gasteiger partial charge in [-0.2, -0.15) is 4.31 Å². The molecule has 2 saturated heterocycles. The number of aromatic nitrogens is 2. The molecule has 136 valence electrons. The lowest BCUT2D eigenvalue weighted by Crippen LogP contribution is -2.46. The van der Waals surface area contributed by atoms with Crippen LogP contribution in [-0.2, 0) is 14.8 Å². The van der Waals surface area contributed by atoms with E-state index in [2.05, 4.69) is 20.6 Å². The van der Waals surface area contributed by atoms with E-state index in [0.29, 0.717) is 19.6 Å². The average Bonchev–Trinajstić information content (AvgIpc) is 3.25. The molecule has 24 heavy (non-hydrogen) atoms. The first-order valence-electron chi connectivity index (χ1n) is 8.07. The second kappa shape index (κ2) is 8.28. The van der Waals surface area contributed by atoms with E-state index < -0.39 is 10.0 Å². The quantitative estimate of drug-likeness (QED) is 0.674. The van der Waals surface area contributed by atoms with Gasteiger partial charge in [0.1, 0.15) is 0 Å². The molecule has 2 atom stereocenters. The number of imidazole rings is 1. The molecule has 0 spiro atoms. The molecule has 3 heterocycles. The molecule has 0 saturated carbocycles. The van der Waals surface area contributed by atoms with E-state index in [1.807, 2.05) is 0 Å². The highest BCUT2D eigenvalue weighted by Crippen LogP contribution is 2.22. The first kappa shape index (κ1) is 19.2. The zero-order valence-corrected chi connectivity index (χ0v) is 15.0. The summed E-state index contributed by atoms with van der Waals surface area (Å²) in [5, 5.41) is 6.25. The Hall–Kier alpha value is -1.16. The van der Waals surface area contributed by atoms with Gasteiger partial charge in [0.2, 0.25) is 5.91 Å². The van der Waals surface area contributed by atoms with Crippen LogP contribution in [0.3, 0.4) is 0 Å². The van der Waals surface area contributed by atoms with E-state index in [4.69, 9.17) is 0 Å². The fourth-order valence-electron chi connectivity index (χ4n) is 3.21. The van der Waals surface area contributed by atoms with E-state index >= 15 is 0 Å². The van der Waals surface area contributed by atoms with Crippen LogP contribution in [-0.4, -0.2) is 60.8 Å². The molecule has 10 heteroatoms. The Labute approximate surface area is 148 Å². The molecule has 2 aliphatic heterocycles. The van der Waals surface area contributed by atoms with E-state index in [-0.39, 0.29) is 35.3 Å². The lowest BCUT2D eigenvalue weighted by Gasteiger charge is -2.31. The highest BCUT2D eigenvalue weighted by Gasteiger charge is 2.31. The van der Waals surface area contributed by atoms with Crippen molar-refractivity contribution in [2.75, 3.05) is 26.2 Å². The normalized spacial score (nSPS) is 25.2. The van der Waals surface area contributed by atoms with Gasteiger partial charge in [-0.25, -0.2) is 13.4 Å². The summed E-state index contributed by atoms with van der Waals surface area (Å²) >= 11 is 0. The number of nitrogens with one attached hydrogen (secondary N) is 3. The molecule has 1 aromatic rings. The largest absolute Gasteiger partial charge is 0.354 e. The van der Waals surface area contributed by atoms with Gasteiger partial charge in [0.15, 0.2) is 5.03 Å². The van der Waals surface area contributed by atoms with Crippen LogP contribution in [0, 0.1) is 5.92 Å². The van der Waals surface area contributed by atoms with Crippen LogP contribution in [0.1, 0.15) is 25.7 Å². The van der Waals surface area contributed by atoms with Crippen LogP contribution in [0.25, 0.3) is 0 Å². The molecular formula is C14H24ClN5O3S. The van der Waals surface area contributed by atoms with Gasteiger partial charge in [-0.15, -0.1) is 12.4 Å². The Kier molecular flexibility index (Phi) is 6.62. The van der Waals surface area contributed by atoms with Gasteiger partial charge >= 0.3 is 0 Å². The van der Waals surface area contributed by atoms with Crippen LogP contribution in [0.4, 0.5) is 0 Å². The highest BCUT2D eigenvalue weighted by molar-refractivity contribution is 7.89. The molecule has 0 aromatic carbocycles. The summed E-state index contributed by atoms with van der Waals surface area (Å²) in [6, 6.07) is -0.0941. The number of hydrogen-bond donors (Lipinski definition) is 3. The molecule has 3 N–H and O–H groups in total. The summed E-state index contributed by atoms with van der Waals surface area (Å²) in [6.45, 7) is 2.35. The number of rotatable bonds is 5. The van der Waals surface area contributed by atoms with E-state index in [1.165, 1.54) is 16.8 Å². The zero-order chi connectivity index (χ0) is 16.3. The van der Waals surface area contributed by atoms with Crippen molar-refractivity contribution in [2.24, 2.45) is 5.92 Å². The molecule has 1 amide bonds. The van der Waals surface area contributed by atoms with E-state index in [1.54, 1.807) is 0 Å². The number of hydrogen-bond acceptors (Lipinski definition) is 5. The smallest absolute Gasteiger partial charge is 0.260 e. The van der Waals surface area contributed by atoms with Crippen molar-refractivity contribution in [3.05, 3.63) is 12.5 Å². The first-order valence-corrected chi connectivity index (χ1v) is 9.51. The van der Waals surface area contributed by atoms with Crippen molar-refractivity contribution < 1.29 is 13.2 Å². The Bertz CT molecular complexity index is 631. The molecule has 8 nitrogen and oxygen atoms in total. The van der Waals surface area contributed by atoms with Crippen molar-refractivity contribution >= 4 is 28.3 Å². The molecule has 2 unspecified atom stereocenters. The first-order chi connectivity index (χ1) is 11.1. The SMILES string of the molecule is Cl.O=C(NCC1CCCN(S(=O)(=O)c2cnc[nH]2)C1)C1CCCN1. The zero-order valence-electron chi connectivity index (χ0n) is 13.4. The van der Waals surface area contributed by atoms with E-state index in [9.17, 15) is 13.2 Å². The molecule has 3 rings (SSSR count). The molecule has 2 fully saturated rings. The Balaban J connectivity index is 0.00000208. The van der Waals surface area contributed by atoms with Crippen LogP contribution in [0.5, 0.6) is 0 Å². The van der Waals surface area contributed by atoms with Gasteiger partial charge in [0, 0.05) is 19.6 Å². The third-order valence-corrected chi connectivity index (χ3v) is 6.31. The highest BCUT2D eigenvalue weighted by atomic mass is 35.5. The maximum absolute atomic E-state index is 12.5. The summed E-state index contributed by atoms with van der Waals surface area (Å²) in [6.07, 6.45) is 6.31. The minimum absolute atomic E-state index is 0. The summed E-state index contributed by atoms with van der Waals surface area (Å²) < 4.78 is 26.5. The summed E-state index contributed by atoms with van der Waals surface area (Å²) in [5.41, 5.74) is 0. The maximum Gasteiger partial charge on any atom is 0.260 e. The molecule has 0 aliphatic carbocycles. The third-order valence-electron chi connectivity index (χ3n) is 4.51. The molecule has 0 radical (unpaired) electrons. The number of nitrogens with zero attached hydrogens (tertiary/aromatic N) is 2. The number of amides is 1. The summed E-state index contributed by atoms with van der Waals surface area (Å²) in [7, 11) is -3.52. The summed E-state index contributed by atoms with van der Waals surface area (Å²) in [4.78, 5) is 18.5. The fourth-order valence-corrected chi connectivity index (χ4v) is 4.66. The minimum atomic E-state index is -3.52. The van der Waals surface area contributed by atoms with Crippen molar-refractivity contribution in [2.45, 2.75) is 36.8 Å².